The topological polar surface area (TPSA) is 32.7 Å². The van der Waals surface area contributed by atoms with Gasteiger partial charge in [-0.25, -0.2) is 0 Å². The zero-order valence-corrected chi connectivity index (χ0v) is 19.3. The molecule has 3 nitrogen and oxygen atoms in total. The van der Waals surface area contributed by atoms with Gasteiger partial charge in [0.05, 0.1) is 12.7 Å². The molecule has 3 aliphatic rings. The van der Waals surface area contributed by atoms with Gasteiger partial charge in [0, 0.05) is 31.5 Å². The van der Waals surface area contributed by atoms with Crippen LogP contribution in [0.15, 0.2) is 66.7 Å². The van der Waals surface area contributed by atoms with Crippen LogP contribution in [-0.2, 0) is 18.4 Å². The molecular formula is C28H30ClNO2. The van der Waals surface area contributed by atoms with Crippen molar-refractivity contribution in [3.8, 4) is 5.75 Å². The van der Waals surface area contributed by atoms with Crippen LogP contribution >= 0.6 is 12.4 Å². The number of halogens is 1. The van der Waals surface area contributed by atoms with Crippen LogP contribution in [0.3, 0.4) is 0 Å². The number of aliphatic hydroxyl groups is 1. The zero-order valence-electron chi connectivity index (χ0n) is 18.5. The minimum absolute atomic E-state index is 0. The van der Waals surface area contributed by atoms with E-state index in [1.165, 1.54) is 27.8 Å². The first-order chi connectivity index (χ1) is 15.2. The van der Waals surface area contributed by atoms with Crippen molar-refractivity contribution in [2.45, 2.75) is 43.2 Å². The van der Waals surface area contributed by atoms with E-state index in [9.17, 15) is 5.11 Å². The number of ether oxygens (including phenoxy) is 1. The summed E-state index contributed by atoms with van der Waals surface area (Å²) in [6.45, 7) is 1.96. The van der Waals surface area contributed by atoms with Crippen molar-refractivity contribution in [2.75, 3.05) is 20.2 Å². The number of hydrogen-bond acceptors (Lipinski definition) is 3. The number of benzene rings is 3. The number of rotatable bonds is 2. The molecule has 1 saturated heterocycles. The lowest BCUT2D eigenvalue weighted by atomic mass is 9.72. The van der Waals surface area contributed by atoms with Gasteiger partial charge in [-0.1, -0.05) is 54.6 Å². The summed E-state index contributed by atoms with van der Waals surface area (Å²) < 4.78 is 5.32. The molecule has 1 N–H and O–H groups in total. The Morgan fingerprint density at radius 2 is 1.62 bits per heavy atom. The summed E-state index contributed by atoms with van der Waals surface area (Å²) >= 11 is 0. The number of aryl methyl sites for hydroxylation is 2. The van der Waals surface area contributed by atoms with Gasteiger partial charge in [0.1, 0.15) is 5.75 Å². The van der Waals surface area contributed by atoms with E-state index < -0.39 is 5.60 Å². The van der Waals surface area contributed by atoms with Gasteiger partial charge in [0.25, 0.3) is 0 Å². The summed E-state index contributed by atoms with van der Waals surface area (Å²) in [6.07, 6.45) is 3.72. The average Bonchev–Trinajstić information content (AvgIpc) is 2.98. The Hall–Kier alpha value is -2.33. The van der Waals surface area contributed by atoms with Crippen LogP contribution in [0.5, 0.6) is 5.75 Å². The van der Waals surface area contributed by atoms with E-state index in [0.717, 1.165) is 50.1 Å². The Bertz CT molecular complexity index is 1130. The quantitative estimate of drug-likeness (QED) is 0.572. The summed E-state index contributed by atoms with van der Waals surface area (Å²) in [5.74, 6) is 1.27. The van der Waals surface area contributed by atoms with Gasteiger partial charge < -0.3 is 9.84 Å². The Kier molecular flexibility index (Phi) is 5.53. The molecule has 3 aromatic carbocycles. The maximum atomic E-state index is 11.7. The fraction of sp³-hybridized carbons (Fsp3) is 0.357. The van der Waals surface area contributed by atoms with E-state index in [1.807, 2.05) is 24.3 Å². The SMILES string of the molecule is COc1ccc([C@@]2(O)CCN3C[C@@H]4c5ccccc5CCc5cccc(c54)[C@H]3C2)cc1.Cl. The first-order valence-electron chi connectivity index (χ1n) is 11.5. The van der Waals surface area contributed by atoms with Crippen molar-refractivity contribution in [1.82, 2.24) is 4.90 Å². The van der Waals surface area contributed by atoms with E-state index >= 15 is 0 Å². The normalized spacial score (nSPS) is 26.1. The summed E-state index contributed by atoms with van der Waals surface area (Å²) in [6, 6.07) is 24.1. The van der Waals surface area contributed by atoms with Crippen LogP contribution in [-0.4, -0.2) is 30.2 Å². The number of hydrogen-bond donors (Lipinski definition) is 1. The Balaban J connectivity index is 0.00000216. The first-order valence-corrected chi connectivity index (χ1v) is 11.5. The molecule has 0 amide bonds. The highest BCUT2D eigenvalue weighted by atomic mass is 35.5. The van der Waals surface area contributed by atoms with Gasteiger partial charge in [0.2, 0.25) is 0 Å². The van der Waals surface area contributed by atoms with E-state index in [2.05, 4.69) is 47.4 Å². The van der Waals surface area contributed by atoms with E-state index in [4.69, 9.17) is 4.74 Å². The standard InChI is InChI=1S/C28H29NO2.ClH/c1-31-22-13-11-21(12-14-22)28(30)15-16-29-18-25-23-7-3-2-5-19(23)9-10-20-6-4-8-24(27(20)25)26(29)17-28;/h2-8,11-14,25-26,30H,9-10,15-18H2,1H3;1H/t25-,26-,28-;/m1./s1. The highest BCUT2D eigenvalue weighted by molar-refractivity contribution is 5.85. The third-order valence-corrected chi connectivity index (χ3v) is 7.86. The molecule has 4 heteroatoms. The molecule has 0 unspecified atom stereocenters. The summed E-state index contributed by atoms with van der Waals surface area (Å²) in [5.41, 5.74) is 7.66. The zero-order chi connectivity index (χ0) is 21.0. The third-order valence-electron chi connectivity index (χ3n) is 7.86. The number of piperidine rings is 1. The molecule has 3 aromatic rings. The fourth-order valence-corrected chi connectivity index (χ4v) is 6.24. The Labute approximate surface area is 196 Å². The lowest BCUT2D eigenvalue weighted by Gasteiger charge is -2.49. The number of nitrogens with zero attached hydrogens (tertiary/aromatic N) is 1. The van der Waals surface area contributed by atoms with Crippen LogP contribution in [0.4, 0.5) is 0 Å². The second kappa shape index (κ2) is 8.22. The largest absolute Gasteiger partial charge is 0.497 e. The molecule has 0 bridgehead atoms. The molecule has 32 heavy (non-hydrogen) atoms. The third kappa shape index (κ3) is 3.35. The van der Waals surface area contributed by atoms with Crippen LogP contribution in [0.25, 0.3) is 0 Å². The minimum atomic E-state index is -0.800. The van der Waals surface area contributed by atoms with Gasteiger partial charge in [-0.3, -0.25) is 4.90 Å². The second-order valence-corrected chi connectivity index (χ2v) is 9.40. The highest BCUT2D eigenvalue weighted by Gasteiger charge is 2.45. The average molecular weight is 448 g/mol. The van der Waals surface area contributed by atoms with Crippen LogP contribution in [0, 0.1) is 0 Å². The maximum Gasteiger partial charge on any atom is 0.118 e. The van der Waals surface area contributed by atoms with Crippen molar-refractivity contribution in [2.24, 2.45) is 0 Å². The smallest absolute Gasteiger partial charge is 0.118 e. The van der Waals surface area contributed by atoms with E-state index in [1.54, 1.807) is 7.11 Å². The lowest BCUT2D eigenvalue weighted by molar-refractivity contribution is -0.0571. The fourth-order valence-electron chi connectivity index (χ4n) is 6.24. The van der Waals surface area contributed by atoms with Crippen LogP contribution < -0.4 is 4.74 Å². The van der Waals surface area contributed by atoms with Gasteiger partial charge in [0.15, 0.2) is 0 Å². The number of fused-ring (bicyclic) bond motifs is 4. The molecule has 0 saturated carbocycles. The van der Waals surface area contributed by atoms with Gasteiger partial charge >= 0.3 is 0 Å². The molecule has 3 atom stereocenters. The molecule has 2 aliphatic heterocycles. The molecule has 0 radical (unpaired) electrons. The number of methoxy groups -OCH3 is 1. The molecule has 0 spiro atoms. The molecule has 1 fully saturated rings. The van der Waals surface area contributed by atoms with Gasteiger partial charge in [-0.05, 0) is 64.8 Å². The van der Waals surface area contributed by atoms with Crippen molar-refractivity contribution < 1.29 is 9.84 Å². The summed E-state index contributed by atoms with van der Waals surface area (Å²) in [7, 11) is 1.68. The predicted molar refractivity (Wildman–Crippen MR) is 130 cm³/mol. The maximum absolute atomic E-state index is 11.7. The van der Waals surface area contributed by atoms with Crippen molar-refractivity contribution in [3.05, 3.63) is 100 Å². The molecule has 166 valence electrons. The van der Waals surface area contributed by atoms with E-state index in [-0.39, 0.29) is 18.4 Å². The van der Waals surface area contributed by atoms with Crippen molar-refractivity contribution >= 4 is 12.4 Å². The minimum Gasteiger partial charge on any atom is -0.497 e. The lowest BCUT2D eigenvalue weighted by Crippen LogP contribution is -2.48. The molecule has 1 aliphatic carbocycles. The van der Waals surface area contributed by atoms with Gasteiger partial charge in [-0.15, -0.1) is 12.4 Å². The van der Waals surface area contributed by atoms with E-state index in [0.29, 0.717) is 5.92 Å². The molecule has 6 rings (SSSR count). The predicted octanol–water partition coefficient (Wildman–Crippen LogP) is 5.39. The van der Waals surface area contributed by atoms with Crippen molar-refractivity contribution in [1.29, 1.82) is 0 Å². The van der Waals surface area contributed by atoms with Crippen LogP contribution in [0.2, 0.25) is 0 Å². The van der Waals surface area contributed by atoms with Crippen LogP contribution in [0.1, 0.15) is 58.2 Å². The molecular weight excluding hydrogens is 418 g/mol. The molecule has 2 heterocycles. The highest BCUT2D eigenvalue weighted by Crippen LogP contribution is 2.50. The second-order valence-electron chi connectivity index (χ2n) is 9.40. The summed E-state index contributed by atoms with van der Waals surface area (Å²) in [4.78, 5) is 2.62. The Morgan fingerprint density at radius 1 is 0.906 bits per heavy atom. The van der Waals surface area contributed by atoms with Gasteiger partial charge in [-0.2, -0.15) is 0 Å². The molecule has 0 aromatic heterocycles. The summed E-state index contributed by atoms with van der Waals surface area (Å²) in [5, 5.41) is 11.7. The monoisotopic (exact) mass is 447 g/mol. The first kappa shape index (κ1) is 21.5. The van der Waals surface area contributed by atoms with Crippen molar-refractivity contribution in [3.63, 3.8) is 0 Å². The Morgan fingerprint density at radius 3 is 2.44 bits per heavy atom.